The van der Waals surface area contributed by atoms with E-state index < -0.39 is 0 Å². The monoisotopic (exact) mass is 339 g/mol. The lowest BCUT2D eigenvalue weighted by molar-refractivity contribution is 0.102. The van der Waals surface area contributed by atoms with Crippen LogP contribution in [-0.2, 0) is 20.2 Å². The number of aryl methyl sites for hydroxylation is 3. The Morgan fingerprint density at radius 3 is 2.68 bits per heavy atom. The summed E-state index contributed by atoms with van der Waals surface area (Å²) in [6, 6.07) is 9.70. The first kappa shape index (κ1) is 16.8. The number of anilines is 1. The zero-order valence-electron chi connectivity index (χ0n) is 14.6. The van der Waals surface area contributed by atoms with Crippen LogP contribution < -0.4 is 10.1 Å². The van der Waals surface area contributed by atoms with Crippen molar-refractivity contribution in [2.24, 2.45) is 7.05 Å². The van der Waals surface area contributed by atoms with Gasteiger partial charge in [-0.15, -0.1) is 0 Å². The van der Waals surface area contributed by atoms with E-state index in [0.29, 0.717) is 11.4 Å². The highest BCUT2D eigenvalue weighted by Gasteiger charge is 2.12. The molecule has 0 saturated heterocycles. The van der Waals surface area contributed by atoms with Crippen molar-refractivity contribution in [1.82, 2.24) is 19.6 Å². The second kappa shape index (κ2) is 7.21. The van der Waals surface area contributed by atoms with Crippen molar-refractivity contribution in [3.05, 3.63) is 59.7 Å². The third kappa shape index (κ3) is 4.06. The molecule has 0 bridgehead atoms. The molecule has 7 heteroatoms. The number of carbonyl (C=O) groups is 1. The molecule has 1 aromatic carbocycles. The second-order valence-corrected chi connectivity index (χ2v) is 5.79. The first-order valence-electron chi connectivity index (χ1n) is 8.11. The Kier molecular flexibility index (Phi) is 4.83. The minimum Gasteiger partial charge on any atom is -0.471 e. The van der Waals surface area contributed by atoms with Crippen LogP contribution in [-0.4, -0.2) is 25.5 Å². The number of hydrogen-bond donors (Lipinski definition) is 1. The zero-order chi connectivity index (χ0) is 17.8. The van der Waals surface area contributed by atoms with E-state index in [1.165, 1.54) is 5.56 Å². The Balaban J connectivity index is 1.57. The number of amides is 1. The summed E-state index contributed by atoms with van der Waals surface area (Å²) >= 11 is 0. The molecular weight excluding hydrogens is 318 g/mol. The fourth-order valence-electron chi connectivity index (χ4n) is 2.33. The average molecular weight is 339 g/mol. The molecule has 0 aliphatic rings. The third-order valence-corrected chi connectivity index (χ3v) is 3.93. The van der Waals surface area contributed by atoms with Crippen LogP contribution >= 0.6 is 0 Å². The first-order chi connectivity index (χ1) is 12.0. The van der Waals surface area contributed by atoms with E-state index in [1.807, 2.05) is 31.2 Å². The van der Waals surface area contributed by atoms with Gasteiger partial charge in [0.05, 0.1) is 18.1 Å². The average Bonchev–Trinajstić information content (AvgIpc) is 3.20. The van der Waals surface area contributed by atoms with Crippen molar-refractivity contribution in [2.75, 3.05) is 5.32 Å². The summed E-state index contributed by atoms with van der Waals surface area (Å²) in [5, 5.41) is 11.1. The van der Waals surface area contributed by atoms with Gasteiger partial charge in [0, 0.05) is 12.7 Å². The minimum absolute atomic E-state index is 0.265. The molecular formula is C18H21N5O2. The molecule has 25 heavy (non-hydrogen) atoms. The first-order valence-corrected chi connectivity index (χ1v) is 8.11. The molecule has 0 fully saturated rings. The number of nitrogens with zero attached hydrogens (tertiary/aromatic N) is 4. The molecule has 0 radical (unpaired) electrons. The Hall–Kier alpha value is -3.09. The zero-order valence-corrected chi connectivity index (χ0v) is 14.6. The van der Waals surface area contributed by atoms with Crippen molar-refractivity contribution < 1.29 is 9.53 Å². The summed E-state index contributed by atoms with van der Waals surface area (Å²) in [5.41, 5.74) is 3.16. The van der Waals surface area contributed by atoms with Crippen molar-refractivity contribution in [3.8, 4) is 5.75 Å². The van der Waals surface area contributed by atoms with Crippen molar-refractivity contribution in [3.63, 3.8) is 0 Å². The standard InChI is InChI=1S/C18H21N5O2/c1-4-14-5-7-16(8-6-14)25-12-23-11-15(10-19-23)20-18(24)17-9-13(2)22(3)21-17/h5-11H,4,12H2,1-3H3,(H,20,24). The maximum absolute atomic E-state index is 12.2. The van der Waals surface area contributed by atoms with Crippen LogP contribution in [0.4, 0.5) is 5.69 Å². The van der Waals surface area contributed by atoms with Gasteiger partial charge in [0.1, 0.15) is 5.75 Å². The molecule has 0 aliphatic heterocycles. The van der Waals surface area contributed by atoms with E-state index >= 15 is 0 Å². The van der Waals surface area contributed by atoms with Crippen LogP contribution in [0.2, 0.25) is 0 Å². The summed E-state index contributed by atoms with van der Waals surface area (Å²) in [4.78, 5) is 12.2. The van der Waals surface area contributed by atoms with Crippen LogP contribution in [0.3, 0.4) is 0 Å². The van der Waals surface area contributed by atoms with Crippen LogP contribution in [0, 0.1) is 6.92 Å². The molecule has 2 heterocycles. The van der Waals surface area contributed by atoms with E-state index in [2.05, 4.69) is 22.4 Å². The van der Waals surface area contributed by atoms with Gasteiger partial charge in [-0.3, -0.25) is 9.48 Å². The molecule has 1 N–H and O–H groups in total. The van der Waals surface area contributed by atoms with Gasteiger partial charge in [0.15, 0.2) is 12.4 Å². The van der Waals surface area contributed by atoms with Gasteiger partial charge in [0.25, 0.3) is 5.91 Å². The number of ether oxygens (including phenoxy) is 1. The molecule has 2 aromatic heterocycles. The van der Waals surface area contributed by atoms with Gasteiger partial charge in [-0.05, 0) is 37.1 Å². The summed E-state index contributed by atoms with van der Waals surface area (Å²) in [6.45, 7) is 4.28. The SMILES string of the molecule is CCc1ccc(OCn2cc(NC(=O)c3cc(C)n(C)n3)cn2)cc1. The number of nitrogens with one attached hydrogen (secondary N) is 1. The number of hydrogen-bond acceptors (Lipinski definition) is 4. The largest absolute Gasteiger partial charge is 0.471 e. The van der Waals surface area contributed by atoms with Crippen LogP contribution in [0.1, 0.15) is 28.7 Å². The molecule has 7 nitrogen and oxygen atoms in total. The molecule has 0 saturated carbocycles. The van der Waals surface area contributed by atoms with E-state index in [4.69, 9.17) is 4.74 Å². The highest BCUT2D eigenvalue weighted by Crippen LogP contribution is 2.14. The van der Waals surface area contributed by atoms with Gasteiger partial charge in [0.2, 0.25) is 0 Å². The predicted octanol–water partition coefficient (Wildman–Crippen LogP) is 2.78. The molecule has 3 rings (SSSR count). The van der Waals surface area contributed by atoms with Crippen molar-refractivity contribution >= 4 is 11.6 Å². The summed E-state index contributed by atoms with van der Waals surface area (Å²) < 4.78 is 8.97. The topological polar surface area (TPSA) is 74.0 Å². The predicted molar refractivity (Wildman–Crippen MR) is 94.6 cm³/mol. The van der Waals surface area contributed by atoms with Crippen LogP contribution in [0.5, 0.6) is 5.75 Å². The van der Waals surface area contributed by atoms with Crippen molar-refractivity contribution in [2.45, 2.75) is 27.0 Å². The summed E-state index contributed by atoms with van der Waals surface area (Å²) in [7, 11) is 1.80. The number of carbonyl (C=O) groups excluding carboxylic acids is 1. The lowest BCUT2D eigenvalue weighted by Gasteiger charge is -2.06. The van der Waals surface area contributed by atoms with Crippen molar-refractivity contribution in [1.29, 1.82) is 0 Å². The van der Waals surface area contributed by atoms with Gasteiger partial charge in [-0.1, -0.05) is 19.1 Å². The van der Waals surface area contributed by atoms with E-state index in [1.54, 1.807) is 34.9 Å². The quantitative estimate of drug-likeness (QED) is 0.749. The second-order valence-electron chi connectivity index (χ2n) is 5.79. The summed E-state index contributed by atoms with van der Waals surface area (Å²) in [6.07, 6.45) is 4.30. The van der Waals surface area contributed by atoms with Gasteiger partial charge >= 0.3 is 0 Å². The van der Waals surface area contributed by atoms with Crippen LogP contribution in [0.15, 0.2) is 42.7 Å². The Morgan fingerprint density at radius 1 is 1.28 bits per heavy atom. The molecule has 3 aromatic rings. The normalized spacial score (nSPS) is 10.7. The number of benzene rings is 1. The Morgan fingerprint density at radius 2 is 2.04 bits per heavy atom. The van der Waals surface area contributed by atoms with Gasteiger partial charge in [-0.2, -0.15) is 10.2 Å². The maximum Gasteiger partial charge on any atom is 0.276 e. The lowest BCUT2D eigenvalue weighted by Crippen LogP contribution is -2.12. The van der Waals surface area contributed by atoms with E-state index in [-0.39, 0.29) is 12.6 Å². The number of aromatic nitrogens is 4. The highest BCUT2D eigenvalue weighted by atomic mass is 16.5. The smallest absolute Gasteiger partial charge is 0.276 e. The minimum atomic E-state index is -0.265. The van der Waals surface area contributed by atoms with Gasteiger partial charge in [-0.25, -0.2) is 4.68 Å². The molecule has 0 atom stereocenters. The molecule has 130 valence electrons. The van der Waals surface area contributed by atoms with Gasteiger partial charge < -0.3 is 10.1 Å². The molecule has 0 unspecified atom stereocenters. The fraction of sp³-hybridized carbons (Fsp3) is 0.278. The highest BCUT2D eigenvalue weighted by molar-refractivity contribution is 6.02. The number of rotatable bonds is 6. The van der Waals surface area contributed by atoms with E-state index in [9.17, 15) is 4.79 Å². The van der Waals surface area contributed by atoms with Crippen LogP contribution in [0.25, 0.3) is 0 Å². The lowest BCUT2D eigenvalue weighted by atomic mass is 10.2. The molecule has 0 aliphatic carbocycles. The van der Waals surface area contributed by atoms with E-state index in [0.717, 1.165) is 17.9 Å². The summed E-state index contributed by atoms with van der Waals surface area (Å²) in [5.74, 6) is 0.515. The Labute approximate surface area is 146 Å². The third-order valence-electron chi connectivity index (χ3n) is 3.93. The Bertz CT molecular complexity index is 844. The maximum atomic E-state index is 12.2. The molecule has 0 spiro atoms. The fourth-order valence-corrected chi connectivity index (χ4v) is 2.33. The molecule has 1 amide bonds.